The fourth-order valence-corrected chi connectivity index (χ4v) is 5.25. The van der Waals surface area contributed by atoms with Crippen molar-refractivity contribution in [3.8, 4) is 28.7 Å². The lowest BCUT2D eigenvalue weighted by Crippen LogP contribution is -2.64. The Morgan fingerprint density at radius 3 is 2.14 bits per heavy atom. The summed E-state index contributed by atoms with van der Waals surface area (Å²) >= 11 is 0. The topological polar surface area (TPSA) is 266 Å². The number of hydrogen-bond acceptors (Lipinski definition) is 16. The highest BCUT2D eigenvalue weighted by molar-refractivity contribution is 6.05. The monoisotopic (exact) mass is 612 g/mol. The van der Waals surface area contributed by atoms with Crippen molar-refractivity contribution in [2.24, 2.45) is 0 Å². The van der Waals surface area contributed by atoms with Crippen molar-refractivity contribution in [2.75, 3.05) is 6.61 Å². The van der Waals surface area contributed by atoms with Gasteiger partial charge in [-0.1, -0.05) is 6.07 Å². The molecule has 3 aliphatic heterocycles. The van der Waals surface area contributed by atoms with Crippen LogP contribution in [-0.2, 0) is 18.9 Å². The summed E-state index contributed by atoms with van der Waals surface area (Å²) in [7, 11) is 0. The first-order chi connectivity index (χ1) is 20.3. The Labute approximate surface area is 243 Å². The number of carbonyl (C=O) groups is 1. The van der Waals surface area contributed by atoms with Gasteiger partial charge in [0.25, 0.3) is 0 Å². The number of fused-ring (bicyclic) bond motifs is 1. The standard InChI is InChI=1S/C27H32O16/c1-8-17(33)24(42-26-21(37)20(36)18(34)15(7-28)41-26)22(38)27(39-8)43-25-19(35)16-13(32)5-10(29)6-14(16)40-23(25)9-2-3-11(30)12(31)4-9/h2-6,8,15,17-18,20-34,36-38H,7H2,1H3/t8-,15+,17-,18+,20-,21-,22-,23+,24+,25+,26-,27-/m0/s1. The number of rotatable bonds is 6. The van der Waals surface area contributed by atoms with Gasteiger partial charge in [0.1, 0.15) is 65.5 Å². The van der Waals surface area contributed by atoms with Crippen LogP contribution in [0.15, 0.2) is 30.3 Å². The van der Waals surface area contributed by atoms with E-state index in [4.69, 9.17) is 23.7 Å². The quantitative estimate of drug-likeness (QED) is 0.156. The van der Waals surface area contributed by atoms with Crippen molar-refractivity contribution in [1.82, 2.24) is 0 Å². The predicted molar refractivity (Wildman–Crippen MR) is 137 cm³/mol. The maximum atomic E-state index is 13.7. The number of phenolic OH excluding ortho intramolecular Hbond substituents is 4. The Bertz CT molecular complexity index is 1330. The third kappa shape index (κ3) is 5.69. The van der Waals surface area contributed by atoms with Gasteiger partial charge in [-0.05, 0) is 24.6 Å². The molecule has 16 nitrogen and oxygen atoms in total. The molecule has 236 valence electrons. The van der Waals surface area contributed by atoms with E-state index >= 15 is 0 Å². The number of ether oxygens (including phenoxy) is 5. The lowest BCUT2D eigenvalue weighted by atomic mass is 9.92. The van der Waals surface area contributed by atoms with Crippen molar-refractivity contribution in [2.45, 2.75) is 80.5 Å². The summed E-state index contributed by atoms with van der Waals surface area (Å²) in [6.45, 7) is 0.630. The molecule has 0 bridgehead atoms. The number of aliphatic hydroxyl groups is 6. The van der Waals surface area contributed by atoms with Crippen LogP contribution in [0.1, 0.15) is 28.9 Å². The van der Waals surface area contributed by atoms with E-state index in [2.05, 4.69) is 0 Å². The molecule has 10 N–H and O–H groups in total. The molecule has 0 radical (unpaired) electrons. The summed E-state index contributed by atoms with van der Waals surface area (Å²) in [4.78, 5) is 13.7. The second-order valence-corrected chi connectivity index (χ2v) is 10.5. The van der Waals surface area contributed by atoms with Crippen LogP contribution in [0.4, 0.5) is 0 Å². The van der Waals surface area contributed by atoms with Crippen molar-refractivity contribution < 1.29 is 79.5 Å². The molecule has 3 heterocycles. The van der Waals surface area contributed by atoms with Gasteiger partial charge >= 0.3 is 0 Å². The third-order valence-electron chi connectivity index (χ3n) is 7.63. The summed E-state index contributed by atoms with van der Waals surface area (Å²) in [6.07, 6.45) is -19.5. The number of phenols is 4. The molecule has 16 heteroatoms. The molecule has 0 aromatic heterocycles. The van der Waals surface area contributed by atoms with Crippen LogP contribution in [0.2, 0.25) is 0 Å². The van der Waals surface area contributed by atoms with E-state index in [0.717, 1.165) is 24.3 Å². The number of ketones is 1. The average Bonchev–Trinajstić information content (AvgIpc) is 2.96. The SMILES string of the molecule is C[C@@H]1O[C@@H](O[C@@H]2C(=O)c3c(O)cc(O)cc3O[C@@H]2c2ccc(O)c(O)c2)[C@@H](O)[C@H](O[C@@H]2O[C@H](CO)[C@@H](O)[C@H](O)[C@@H]2O)[C@H]1O. The minimum atomic E-state index is -1.89. The summed E-state index contributed by atoms with van der Waals surface area (Å²) < 4.78 is 28.3. The minimum absolute atomic E-state index is 0.106. The third-order valence-corrected chi connectivity index (χ3v) is 7.63. The Morgan fingerprint density at radius 2 is 1.47 bits per heavy atom. The smallest absolute Gasteiger partial charge is 0.203 e. The zero-order chi connectivity index (χ0) is 31.3. The van der Waals surface area contributed by atoms with E-state index in [1.54, 1.807) is 0 Å². The van der Waals surface area contributed by atoms with Gasteiger partial charge in [-0.25, -0.2) is 0 Å². The summed E-state index contributed by atoms with van der Waals surface area (Å²) in [6, 6.07) is 5.50. The molecular weight excluding hydrogens is 580 g/mol. The minimum Gasteiger partial charge on any atom is -0.508 e. The molecule has 0 unspecified atom stereocenters. The zero-order valence-corrected chi connectivity index (χ0v) is 22.4. The van der Waals surface area contributed by atoms with Crippen LogP contribution < -0.4 is 4.74 Å². The Morgan fingerprint density at radius 1 is 0.767 bits per heavy atom. The largest absolute Gasteiger partial charge is 0.508 e. The molecule has 2 aromatic carbocycles. The van der Waals surface area contributed by atoms with Crippen LogP contribution in [0.3, 0.4) is 0 Å². The Balaban J connectivity index is 1.45. The lowest BCUT2D eigenvalue weighted by molar-refractivity contribution is -0.360. The lowest BCUT2D eigenvalue weighted by Gasteiger charge is -2.46. The molecule has 43 heavy (non-hydrogen) atoms. The summed E-state index contributed by atoms with van der Waals surface area (Å²) in [5, 5.41) is 102. The van der Waals surface area contributed by atoms with E-state index in [1.807, 2.05) is 0 Å². The van der Waals surface area contributed by atoms with Crippen molar-refractivity contribution in [1.29, 1.82) is 0 Å². The Kier molecular flexibility index (Phi) is 8.70. The number of hydrogen-bond donors (Lipinski definition) is 10. The van der Waals surface area contributed by atoms with Gasteiger partial charge in [-0.15, -0.1) is 0 Å². The molecule has 0 aliphatic carbocycles. The number of benzene rings is 2. The van der Waals surface area contributed by atoms with E-state index in [-0.39, 0.29) is 16.9 Å². The highest BCUT2D eigenvalue weighted by Crippen LogP contribution is 2.44. The summed E-state index contributed by atoms with van der Waals surface area (Å²) in [5.41, 5.74) is -0.260. The molecule has 2 fully saturated rings. The molecule has 0 spiro atoms. The van der Waals surface area contributed by atoms with Gasteiger partial charge in [0.2, 0.25) is 5.78 Å². The van der Waals surface area contributed by atoms with Gasteiger partial charge in [0, 0.05) is 12.1 Å². The normalized spacial score (nSPS) is 37.9. The van der Waals surface area contributed by atoms with Crippen LogP contribution in [0.25, 0.3) is 0 Å². The molecule has 0 amide bonds. The second kappa shape index (κ2) is 12.0. The summed E-state index contributed by atoms with van der Waals surface area (Å²) in [5.74, 6) is -3.19. The van der Waals surface area contributed by atoms with Crippen LogP contribution in [0, 0.1) is 0 Å². The molecule has 2 aromatic rings. The second-order valence-electron chi connectivity index (χ2n) is 10.5. The maximum Gasteiger partial charge on any atom is 0.203 e. The van der Waals surface area contributed by atoms with E-state index in [0.29, 0.717) is 0 Å². The van der Waals surface area contributed by atoms with Crippen molar-refractivity contribution in [3.63, 3.8) is 0 Å². The highest BCUT2D eigenvalue weighted by Gasteiger charge is 2.52. The van der Waals surface area contributed by atoms with E-state index < -0.39 is 109 Å². The number of Topliss-reactive ketones (excluding diaryl/α,β-unsaturated/α-hetero) is 1. The van der Waals surface area contributed by atoms with Gasteiger partial charge in [0.05, 0.1) is 12.7 Å². The fraction of sp³-hybridized carbons (Fsp3) is 0.519. The number of aliphatic hydroxyl groups excluding tert-OH is 6. The highest BCUT2D eigenvalue weighted by atomic mass is 16.7. The van der Waals surface area contributed by atoms with Gasteiger partial charge in [0.15, 0.2) is 36.3 Å². The fourth-order valence-electron chi connectivity index (χ4n) is 5.25. The Hall–Kier alpha value is -3.29. The van der Waals surface area contributed by atoms with Gasteiger partial charge in [-0.2, -0.15) is 0 Å². The molecular formula is C27H32O16. The van der Waals surface area contributed by atoms with E-state index in [9.17, 15) is 55.9 Å². The molecule has 3 aliphatic rings. The zero-order valence-electron chi connectivity index (χ0n) is 22.4. The molecule has 0 saturated carbocycles. The van der Waals surface area contributed by atoms with Gasteiger partial charge in [-0.3, -0.25) is 4.79 Å². The molecule has 2 saturated heterocycles. The van der Waals surface area contributed by atoms with Crippen LogP contribution >= 0.6 is 0 Å². The van der Waals surface area contributed by atoms with Crippen molar-refractivity contribution >= 4 is 5.78 Å². The first-order valence-corrected chi connectivity index (χ1v) is 13.2. The number of aromatic hydroxyl groups is 4. The number of carbonyl (C=O) groups excluding carboxylic acids is 1. The van der Waals surface area contributed by atoms with Crippen LogP contribution in [0.5, 0.6) is 28.7 Å². The van der Waals surface area contributed by atoms with E-state index in [1.165, 1.54) is 13.0 Å². The van der Waals surface area contributed by atoms with Gasteiger partial charge < -0.3 is 74.7 Å². The van der Waals surface area contributed by atoms with Crippen molar-refractivity contribution in [3.05, 3.63) is 41.5 Å². The maximum absolute atomic E-state index is 13.7. The first kappa shape index (κ1) is 31.1. The average molecular weight is 613 g/mol. The predicted octanol–water partition coefficient (Wildman–Crippen LogP) is -2.14. The molecule has 12 atom stereocenters. The van der Waals surface area contributed by atoms with Crippen LogP contribution in [-0.4, -0.2) is 131 Å². The first-order valence-electron chi connectivity index (χ1n) is 13.2. The molecule has 5 rings (SSSR count).